The molecule has 0 fully saturated rings. The van der Waals surface area contributed by atoms with E-state index in [1.807, 2.05) is 6.08 Å². The Labute approximate surface area is 105 Å². The Morgan fingerprint density at radius 3 is 3.18 bits per heavy atom. The minimum atomic E-state index is -0.422. The molecule has 3 aliphatic rings. The summed E-state index contributed by atoms with van der Waals surface area (Å²) in [6.45, 7) is 1.75. The van der Waals surface area contributed by atoms with Gasteiger partial charge in [0.25, 0.3) is 0 Å². The van der Waals surface area contributed by atoms with Crippen LogP contribution in [0.15, 0.2) is 33.6 Å². The molecule has 0 N–H and O–H groups in total. The van der Waals surface area contributed by atoms with Crippen molar-refractivity contribution in [3.63, 3.8) is 0 Å². The molecular formula is C13H14ClNO2. The third-order valence-electron chi connectivity index (χ3n) is 3.57. The van der Waals surface area contributed by atoms with Crippen LogP contribution in [0.5, 0.6) is 0 Å². The van der Waals surface area contributed by atoms with Crippen molar-refractivity contribution in [2.24, 2.45) is 0 Å². The lowest BCUT2D eigenvalue weighted by atomic mass is 9.92. The lowest BCUT2D eigenvalue weighted by molar-refractivity contribution is -0.113. The molecule has 1 atom stereocenters. The van der Waals surface area contributed by atoms with Gasteiger partial charge in [-0.25, -0.2) is 0 Å². The Kier molecular flexibility index (Phi) is 2.60. The molecule has 1 aliphatic carbocycles. The molecule has 0 saturated heterocycles. The van der Waals surface area contributed by atoms with Crippen LogP contribution in [0.4, 0.5) is 0 Å². The van der Waals surface area contributed by atoms with Crippen LogP contribution in [0, 0.1) is 0 Å². The van der Waals surface area contributed by atoms with Crippen LogP contribution in [-0.4, -0.2) is 37.4 Å². The van der Waals surface area contributed by atoms with E-state index in [1.165, 1.54) is 5.57 Å². The number of rotatable bonds is 1. The van der Waals surface area contributed by atoms with Crippen molar-refractivity contribution in [1.82, 2.24) is 4.90 Å². The number of aldehydes is 1. The molecule has 0 aromatic rings. The zero-order chi connectivity index (χ0) is 12.0. The highest BCUT2D eigenvalue weighted by Crippen LogP contribution is 2.43. The second-order valence-electron chi connectivity index (χ2n) is 4.72. The molecular weight excluding hydrogens is 238 g/mol. The van der Waals surface area contributed by atoms with Crippen LogP contribution in [-0.2, 0) is 9.53 Å². The van der Waals surface area contributed by atoms with Crippen molar-refractivity contribution in [3.8, 4) is 0 Å². The molecule has 0 spiro atoms. The van der Waals surface area contributed by atoms with Gasteiger partial charge in [-0.1, -0.05) is 11.6 Å². The summed E-state index contributed by atoms with van der Waals surface area (Å²) >= 11 is 6.30. The van der Waals surface area contributed by atoms with Crippen molar-refractivity contribution in [3.05, 3.63) is 33.6 Å². The van der Waals surface area contributed by atoms with Crippen LogP contribution in [0.3, 0.4) is 0 Å². The van der Waals surface area contributed by atoms with Crippen LogP contribution < -0.4 is 0 Å². The molecule has 1 unspecified atom stereocenters. The quantitative estimate of drug-likeness (QED) is 0.668. The summed E-state index contributed by atoms with van der Waals surface area (Å²) in [5.74, 6) is 0.854. The largest absolute Gasteiger partial charge is 0.478 e. The monoisotopic (exact) mass is 251 g/mol. The fraction of sp³-hybridized carbons (Fsp3) is 0.462. The van der Waals surface area contributed by atoms with Crippen LogP contribution in [0.1, 0.15) is 12.8 Å². The lowest BCUT2D eigenvalue weighted by Crippen LogP contribution is -2.25. The molecule has 2 aliphatic heterocycles. The van der Waals surface area contributed by atoms with E-state index in [1.54, 1.807) is 0 Å². The number of hydrogen-bond donors (Lipinski definition) is 0. The molecule has 90 valence electrons. The first-order chi connectivity index (χ1) is 8.20. The number of likely N-dealkylation sites (N-methyl/N-ethyl adjacent to an activating group) is 1. The third-order valence-corrected chi connectivity index (χ3v) is 3.95. The molecule has 17 heavy (non-hydrogen) atoms. The Hall–Kier alpha value is -1.06. The first kappa shape index (κ1) is 11.1. The van der Waals surface area contributed by atoms with Gasteiger partial charge < -0.3 is 9.64 Å². The number of ether oxygens (including phenoxy) is 1. The first-order valence-electron chi connectivity index (χ1n) is 5.82. The molecule has 0 bridgehead atoms. The smallest absolute Gasteiger partial charge is 0.177 e. The van der Waals surface area contributed by atoms with Gasteiger partial charge in [-0.05, 0) is 25.1 Å². The van der Waals surface area contributed by atoms with E-state index < -0.39 is 6.10 Å². The van der Waals surface area contributed by atoms with Crippen LogP contribution in [0.2, 0.25) is 0 Å². The lowest BCUT2D eigenvalue weighted by Gasteiger charge is -2.19. The third kappa shape index (κ3) is 1.65. The predicted molar refractivity (Wildman–Crippen MR) is 65.7 cm³/mol. The van der Waals surface area contributed by atoms with Crippen molar-refractivity contribution < 1.29 is 9.53 Å². The van der Waals surface area contributed by atoms with E-state index in [9.17, 15) is 4.79 Å². The van der Waals surface area contributed by atoms with Gasteiger partial charge in [0.1, 0.15) is 5.76 Å². The Bertz CT molecular complexity index is 476. The van der Waals surface area contributed by atoms with Gasteiger partial charge in [0.2, 0.25) is 0 Å². The van der Waals surface area contributed by atoms with Gasteiger partial charge in [-0.3, -0.25) is 4.79 Å². The fourth-order valence-electron chi connectivity index (χ4n) is 2.71. The van der Waals surface area contributed by atoms with Gasteiger partial charge in [-0.2, -0.15) is 0 Å². The van der Waals surface area contributed by atoms with E-state index in [4.69, 9.17) is 16.3 Å². The molecule has 0 aromatic carbocycles. The zero-order valence-corrected chi connectivity index (χ0v) is 10.5. The minimum Gasteiger partial charge on any atom is -0.478 e. The SMILES string of the molecule is CN1CCC2=C(Cl)CC=C3OC(C=O)C(=C32)C1. The van der Waals surface area contributed by atoms with E-state index in [2.05, 4.69) is 11.9 Å². The molecule has 0 amide bonds. The highest BCUT2D eigenvalue weighted by molar-refractivity contribution is 6.30. The zero-order valence-electron chi connectivity index (χ0n) is 9.70. The van der Waals surface area contributed by atoms with Gasteiger partial charge in [0.15, 0.2) is 12.4 Å². The topological polar surface area (TPSA) is 29.5 Å². The van der Waals surface area contributed by atoms with E-state index in [0.29, 0.717) is 0 Å². The maximum absolute atomic E-state index is 11.1. The molecule has 0 saturated carbocycles. The van der Waals surface area contributed by atoms with E-state index in [0.717, 1.165) is 54.2 Å². The first-order valence-corrected chi connectivity index (χ1v) is 6.20. The standard InChI is InChI=1S/C13H14ClNO2/c1-15-5-4-8-10(14)2-3-11-13(8)9(6-15)12(7-16)17-11/h3,7,12H,2,4-6H2,1H3. The number of allylic oxidation sites excluding steroid dienone is 3. The molecule has 0 aromatic heterocycles. The van der Waals surface area contributed by atoms with Crippen LogP contribution >= 0.6 is 11.6 Å². The minimum absolute atomic E-state index is 0.422. The number of carbonyl (C=O) groups is 1. The summed E-state index contributed by atoms with van der Waals surface area (Å²) in [7, 11) is 2.06. The van der Waals surface area contributed by atoms with Gasteiger partial charge in [0.05, 0.1) is 0 Å². The molecule has 2 heterocycles. The Morgan fingerprint density at radius 1 is 1.59 bits per heavy atom. The normalized spacial score (nSPS) is 28.6. The van der Waals surface area contributed by atoms with Crippen molar-refractivity contribution in [1.29, 1.82) is 0 Å². The van der Waals surface area contributed by atoms with E-state index >= 15 is 0 Å². The highest BCUT2D eigenvalue weighted by Gasteiger charge is 2.37. The van der Waals surface area contributed by atoms with Gasteiger partial charge in [0, 0.05) is 35.7 Å². The van der Waals surface area contributed by atoms with E-state index in [-0.39, 0.29) is 0 Å². The molecule has 3 nitrogen and oxygen atoms in total. The second-order valence-corrected chi connectivity index (χ2v) is 5.17. The number of carbonyl (C=O) groups excluding carboxylic acids is 1. The number of halogens is 1. The summed E-state index contributed by atoms with van der Waals surface area (Å²) < 4.78 is 5.68. The average Bonchev–Trinajstić information content (AvgIpc) is 2.56. The molecule has 4 heteroatoms. The number of nitrogens with zero attached hydrogens (tertiary/aromatic N) is 1. The number of hydrogen-bond acceptors (Lipinski definition) is 3. The Morgan fingerprint density at radius 2 is 2.41 bits per heavy atom. The maximum Gasteiger partial charge on any atom is 0.177 e. The van der Waals surface area contributed by atoms with Gasteiger partial charge >= 0.3 is 0 Å². The summed E-state index contributed by atoms with van der Waals surface area (Å²) in [6.07, 6.45) is 4.09. The van der Waals surface area contributed by atoms with Gasteiger partial charge in [-0.15, -0.1) is 0 Å². The summed E-state index contributed by atoms with van der Waals surface area (Å²) in [4.78, 5) is 13.3. The maximum atomic E-state index is 11.1. The molecule has 3 rings (SSSR count). The van der Waals surface area contributed by atoms with Crippen LogP contribution in [0.25, 0.3) is 0 Å². The van der Waals surface area contributed by atoms with Crippen molar-refractivity contribution in [2.75, 3.05) is 20.1 Å². The summed E-state index contributed by atoms with van der Waals surface area (Å²) in [5.41, 5.74) is 3.34. The Balaban J connectivity index is 2.15. The second kappa shape index (κ2) is 4.00. The average molecular weight is 252 g/mol. The fourth-order valence-corrected chi connectivity index (χ4v) is 2.98. The predicted octanol–water partition coefficient (Wildman–Crippen LogP) is 2.00. The van der Waals surface area contributed by atoms with Crippen molar-refractivity contribution >= 4 is 17.9 Å². The summed E-state index contributed by atoms with van der Waals surface area (Å²) in [5, 5.41) is 0.895. The van der Waals surface area contributed by atoms with Crippen molar-refractivity contribution in [2.45, 2.75) is 18.9 Å². The molecule has 0 radical (unpaired) electrons. The highest BCUT2D eigenvalue weighted by atomic mass is 35.5. The summed E-state index contributed by atoms with van der Waals surface area (Å²) in [6, 6.07) is 0.